The van der Waals surface area contributed by atoms with Gasteiger partial charge in [0.1, 0.15) is 5.52 Å². The molecule has 0 aromatic carbocycles. The average molecular weight is 315 g/mol. The Kier molecular flexibility index (Phi) is 3.95. The molecule has 0 saturated carbocycles. The molecule has 7 heteroatoms. The number of fused-ring (bicyclic) bond motifs is 1. The summed E-state index contributed by atoms with van der Waals surface area (Å²) in [6, 6.07) is 0. The van der Waals surface area contributed by atoms with Gasteiger partial charge in [-0.15, -0.1) is 0 Å². The second-order valence-electron chi connectivity index (χ2n) is 6.35. The predicted octanol–water partition coefficient (Wildman–Crippen LogP) is 1.49. The first-order valence-electron chi connectivity index (χ1n) is 8.34. The Bertz CT molecular complexity index is 687. The van der Waals surface area contributed by atoms with Gasteiger partial charge in [-0.1, -0.05) is 0 Å². The van der Waals surface area contributed by atoms with Crippen molar-refractivity contribution in [2.24, 2.45) is 5.92 Å². The van der Waals surface area contributed by atoms with Crippen LogP contribution < -0.4 is 0 Å². The van der Waals surface area contributed by atoms with Gasteiger partial charge in [-0.05, 0) is 25.7 Å². The number of piperidine rings is 1. The second kappa shape index (κ2) is 6.23. The van der Waals surface area contributed by atoms with E-state index in [4.69, 9.17) is 4.74 Å². The molecule has 7 nitrogen and oxygen atoms in total. The van der Waals surface area contributed by atoms with Crippen LogP contribution in [0.3, 0.4) is 0 Å². The minimum atomic E-state index is 0.152. The number of hydrogen-bond donors (Lipinski definition) is 1. The number of aromatic amines is 1. The highest BCUT2D eigenvalue weighted by Gasteiger charge is 2.31. The molecule has 2 fully saturated rings. The van der Waals surface area contributed by atoms with Crippen molar-refractivity contribution in [2.45, 2.75) is 31.6 Å². The summed E-state index contributed by atoms with van der Waals surface area (Å²) in [4.78, 5) is 23.2. The van der Waals surface area contributed by atoms with E-state index in [9.17, 15) is 4.79 Å². The fraction of sp³-hybridized carbons (Fsp3) is 0.625. The molecule has 23 heavy (non-hydrogen) atoms. The van der Waals surface area contributed by atoms with Gasteiger partial charge in [0, 0.05) is 50.5 Å². The van der Waals surface area contributed by atoms with Crippen LogP contribution in [0, 0.1) is 5.92 Å². The number of nitrogens with zero attached hydrogens (tertiary/aromatic N) is 4. The number of likely N-dealkylation sites (tertiary alicyclic amines) is 1. The molecule has 0 aliphatic carbocycles. The molecule has 4 rings (SSSR count). The number of amides is 1. The van der Waals surface area contributed by atoms with Crippen molar-refractivity contribution in [2.75, 3.05) is 26.3 Å². The van der Waals surface area contributed by atoms with Crippen molar-refractivity contribution in [3.05, 3.63) is 18.1 Å². The third kappa shape index (κ3) is 2.81. The first kappa shape index (κ1) is 14.6. The zero-order valence-corrected chi connectivity index (χ0v) is 13.1. The Balaban J connectivity index is 1.41. The number of H-pyrrole nitrogens is 1. The van der Waals surface area contributed by atoms with Gasteiger partial charge in [0.25, 0.3) is 0 Å². The van der Waals surface area contributed by atoms with Gasteiger partial charge in [-0.2, -0.15) is 5.10 Å². The molecule has 2 saturated heterocycles. The quantitative estimate of drug-likeness (QED) is 0.907. The van der Waals surface area contributed by atoms with Crippen LogP contribution in [-0.2, 0) is 9.53 Å². The summed E-state index contributed by atoms with van der Waals surface area (Å²) in [5, 5.41) is 7.32. The van der Waals surface area contributed by atoms with Crippen molar-refractivity contribution in [1.29, 1.82) is 0 Å². The molecule has 2 aliphatic rings. The van der Waals surface area contributed by atoms with Gasteiger partial charge in [-0.3, -0.25) is 9.89 Å². The zero-order chi connectivity index (χ0) is 15.6. The molecule has 0 unspecified atom stereocenters. The minimum absolute atomic E-state index is 0.152. The lowest BCUT2D eigenvalue weighted by Crippen LogP contribution is -2.42. The van der Waals surface area contributed by atoms with Gasteiger partial charge in [0.2, 0.25) is 5.91 Å². The summed E-state index contributed by atoms with van der Waals surface area (Å²) in [7, 11) is 0. The smallest absolute Gasteiger partial charge is 0.225 e. The average Bonchev–Trinajstić information content (AvgIpc) is 3.06. The summed E-state index contributed by atoms with van der Waals surface area (Å²) >= 11 is 0. The van der Waals surface area contributed by atoms with Crippen LogP contribution in [0.4, 0.5) is 0 Å². The van der Waals surface area contributed by atoms with Crippen LogP contribution in [0.2, 0.25) is 0 Å². The lowest BCUT2D eigenvalue weighted by atomic mass is 9.91. The summed E-state index contributed by atoms with van der Waals surface area (Å²) in [5.74, 6) is 0.829. The molecular formula is C16H21N5O2. The third-order valence-corrected chi connectivity index (χ3v) is 5.00. The Labute approximate surface area is 134 Å². The first-order valence-corrected chi connectivity index (χ1v) is 8.34. The van der Waals surface area contributed by atoms with Crippen LogP contribution in [0.15, 0.2) is 12.4 Å². The van der Waals surface area contributed by atoms with Gasteiger partial charge >= 0.3 is 0 Å². The number of carbonyl (C=O) groups is 1. The van der Waals surface area contributed by atoms with Crippen LogP contribution in [0.5, 0.6) is 0 Å². The van der Waals surface area contributed by atoms with Crippen molar-refractivity contribution < 1.29 is 9.53 Å². The predicted molar refractivity (Wildman–Crippen MR) is 83.8 cm³/mol. The monoisotopic (exact) mass is 315 g/mol. The number of ether oxygens (including phenoxy) is 1. The van der Waals surface area contributed by atoms with E-state index in [1.807, 2.05) is 4.90 Å². The van der Waals surface area contributed by atoms with Gasteiger partial charge in [-0.25, -0.2) is 9.97 Å². The first-order chi connectivity index (χ1) is 11.3. The number of carbonyl (C=O) groups excluding carboxylic acids is 1. The molecule has 0 spiro atoms. The number of nitrogens with one attached hydrogen (secondary N) is 1. The molecule has 2 aromatic rings. The number of rotatable bonds is 2. The Hall–Kier alpha value is -2.02. The van der Waals surface area contributed by atoms with Gasteiger partial charge < -0.3 is 9.64 Å². The molecule has 4 heterocycles. The van der Waals surface area contributed by atoms with E-state index in [0.29, 0.717) is 30.7 Å². The van der Waals surface area contributed by atoms with Crippen molar-refractivity contribution in [3.8, 4) is 0 Å². The molecule has 0 radical (unpaired) electrons. The van der Waals surface area contributed by atoms with E-state index in [1.54, 1.807) is 12.4 Å². The normalized spacial score (nSPS) is 21.0. The highest BCUT2D eigenvalue weighted by atomic mass is 16.5. The maximum Gasteiger partial charge on any atom is 0.225 e. The van der Waals surface area contributed by atoms with Crippen molar-refractivity contribution >= 4 is 17.1 Å². The SMILES string of the molecule is O=C(C1CCOCC1)N1CCC(c2[nH]nc3nccnc23)CC1. The Morgan fingerprint density at radius 1 is 1.13 bits per heavy atom. The maximum absolute atomic E-state index is 12.6. The Morgan fingerprint density at radius 3 is 2.65 bits per heavy atom. The zero-order valence-electron chi connectivity index (χ0n) is 13.1. The van der Waals surface area contributed by atoms with E-state index in [0.717, 1.165) is 50.0 Å². The minimum Gasteiger partial charge on any atom is -0.381 e. The maximum atomic E-state index is 12.6. The lowest BCUT2D eigenvalue weighted by Gasteiger charge is -2.34. The fourth-order valence-electron chi connectivity index (χ4n) is 3.64. The fourth-order valence-corrected chi connectivity index (χ4v) is 3.64. The molecular weight excluding hydrogens is 294 g/mol. The van der Waals surface area contributed by atoms with E-state index >= 15 is 0 Å². The Morgan fingerprint density at radius 2 is 1.87 bits per heavy atom. The van der Waals surface area contributed by atoms with Crippen LogP contribution in [-0.4, -0.2) is 57.3 Å². The highest BCUT2D eigenvalue weighted by molar-refractivity contribution is 5.79. The summed E-state index contributed by atoms with van der Waals surface area (Å²) < 4.78 is 5.35. The van der Waals surface area contributed by atoms with E-state index in [-0.39, 0.29) is 5.92 Å². The largest absolute Gasteiger partial charge is 0.381 e. The molecule has 1 amide bonds. The van der Waals surface area contributed by atoms with Crippen molar-refractivity contribution in [1.82, 2.24) is 25.1 Å². The van der Waals surface area contributed by atoms with E-state index in [1.165, 1.54) is 0 Å². The molecule has 2 aromatic heterocycles. The van der Waals surface area contributed by atoms with Gasteiger partial charge in [0.05, 0.1) is 5.69 Å². The summed E-state index contributed by atoms with van der Waals surface area (Å²) in [6.45, 7) is 3.04. The molecule has 122 valence electrons. The highest BCUT2D eigenvalue weighted by Crippen LogP contribution is 2.31. The number of hydrogen-bond acceptors (Lipinski definition) is 5. The van der Waals surface area contributed by atoms with E-state index < -0.39 is 0 Å². The molecule has 0 bridgehead atoms. The third-order valence-electron chi connectivity index (χ3n) is 5.00. The van der Waals surface area contributed by atoms with Crippen LogP contribution in [0.25, 0.3) is 11.2 Å². The summed E-state index contributed by atoms with van der Waals surface area (Å²) in [6.07, 6.45) is 6.97. The summed E-state index contributed by atoms with van der Waals surface area (Å²) in [5.41, 5.74) is 2.59. The molecule has 2 aliphatic heterocycles. The molecule has 1 N–H and O–H groups in total. The van der Waals surface area contributed by atoms with Crippen molar-refractivity contribution in [3.63, 3.8) is 0 Å². The van der Waals surface area contributed by atoms with Crippen LogP contribution >= 0.6 is 0 Å². The van der Waals surface area contributed by atoms with Gasteiger partial charge in [0.15, 0.2) is 5.65 Å². The van der Waals surface area contributed by atoms with E-state index in [2.05, 4.69) is 20.2 Å². The molecule has 0 atom stereocenters. The number of aromatic nitrogens is 4. The lowest BCUT2D eigenvalue weighted by molar-refractivity contribution is -0.139. The topological polar surface area (TPSA) is 84.0 Å². The standard InChI is InChI=1S/C16H21N5O2/c22-16(12-3-9-23-10-4-12)21-7-1-11(2-8-21)13-14-15(20-19-13)18-6-5-17-14/h5-6,11-12H,1-4,7-10H2,(H,18,19,20). The second-order valence-corrected chi connectivity index (χ2v) is 6.35. The van der Waals surface area contributed by atoms with Crippen LogP contribution in [0.1, 0.15) is 37.3 Å².